The first-order chi connectivity index (χ1) is 5.77. The SMILES string of the molecule is CCC(=N)N1CCN(CC)CC1. The molecule has 3 nitrogen and oxygen atoms in total. The molecule has 70 valence electrons. The summed E-state index contributed by atoms with van der Waals surface area (Å²) in [5.74, 6) is 0.797. The van der Waals surface area contributed by atoms with E-state index < -0.39 is 0 Å². The van der Waals surface area contributed by atoms with Gasteiger partial charge in [0.05, 0.1) is 5.84 Å². The Morgan fingerprint density at radius 1 is 1.17 bits per heavy atom. The van der Waals surface area contributed by atoms with E-state index in [-0.39, 0.29) is 0 Å². The van der Waals surface area contributed by atoms with Crippen molar-refractivity contribution in [1.29, 1.82) is 5.41 Å². The van der Waals surface area contributed by atoms with Crippen LogP contribution in [0.15, 0.2) is 0 Å². The lowest BCUT2D eigenvalue weighted by Gasteiger charge is -2.35. The van der Waals surface area contributed by atoms with Crippen molar-refractivity contribution in [3.63, 3.8) is 0 Å². The number of amidine groups is 1. The van der Waals surface area contributed by atoms with E-state index in [9.17, 15) is 0 Å². The first-order valence-corrected chi connectivity index (χ1v) is 4.82. The van der Waals surface area contributed by atoms with Crippen molar-refractivity contribution < 1.29 is 0 Å². The molecule has 0 aromatic rings. The number of hydrogen-bond acceptors (Lipinski definition) is 2. The van der Waals surface area contributed by atoms with Gasteiger partial charge in [-0.1, -0.05) is 13.8 Å². The molecule has 0 atom stereocenters. The van der Waals surface area contributed by atoms with Crippen molar-refractivity contribution in [2.45, 2.75) is 20.3 Å². The van der Waals surface area contributed by atoms with Gasteiger partial charge in [0, 0.05) is 32.6 Å². The lowest BCUT2D eigenvalue weighted by atomic mass is 10.3. The quantitative estimate of drug-likeness (QED) is 0.494. The lowest BCUT2D eigenvalue weighted by molar-refractivity contribution is 0.187. The molecule has 0 saturated carbocycles. The maximum atomic E-state index is 7.66. The second-order valence-corrected chi connectivity index (χ2v) is 3.22. The van der Waals surface area contributed by atoms with Crippen LogP contribution in [-0.4, -0.2) is 48.4 Å². The van der Waals surface area contributed by atoms with E-state index in [0.29, 0.717) is 0 Å². The van der Waals surface area contributed by atoms with Gasteiger partial charge in [-0.2, -0.15) is 0 Å². The van der Waals surface area contributed by atoms with E-state index in [1.165, 1.54) is 0 Å². The van der Waals surface area contributed by atoms with Crippen LogP contribution in [-0.2, 0) is 0 Å². The number of likely N-dealkylation sites (N-methyl/N-ethyl adjacent to an activating group) is 1. The van der Waals surface area contributed by atoms with Crippen LogP contribution in [0.3, 0.4) is 0 Å². The molecule has 1 N–H and O–H groups in total. The van der Waals surface area contributed by atoms with Crippen molar-refractivity contribution >= 4 is 5.84 Å². The second kappa shape index (κ2) is 4.45. The molecule has 0 aromatic heterocycles. The molecule has 0 aromatic carbocycles. The standard InChI is InChI=1S/C9H19N3/c1-3-9(10)12-7-5-11(4-2)6-8-12/h10H,3-8H2,1-2H3. The number of nitrogens with one attached hydrogen (secondary N) is 1. The van der Waals surface area contributed by atoms with Crippen LogP contribution in [0.25, 0.3) is 0 Å². The third kappa shape index (κ3) is 2.21. The highest BCUT2D eigenvalue weighted by molar-refractivity contribution is 5.78. The highest BCUT2D eigenvalue weighted by Crippen LogP contribution is 2.02. The largest absolute Gasteiger partial charge is 0.358 e. The van der Waals surface area contributed by atoms with Crippen LogP contribution in [0.4, 0.5) is 0 Å². The van der Waals surface area contributed by atoms with Gasteiger partial charge in [-0.3, -0.25) is 5.41 Å². The molecule has 1 saturated heterocycles. The summed E-state index contributed by atoms with van der Waals surface area (Å²) in [7, 11) is 0. The predicted octanol–water partition coefficient (Wildman–Crippen LogP) is 1.01. The van der Waals surface area contributed by atoms with E-state index in [0.717, 1.165) is 45.0 Å². The average Bonchev–Trinajstić information content (AvgIpc) is 2.17. The van der Waals surface area contributed by atoms with Crippen LogP contribution >= 0.6 is 0 Å². The molecule has 12 heavy (non-hydrogen) atoms. The van der Waals surface area contributed by atoms with Crippen molar-refractivity contribution in [3.8, 4) is 0 Å². The highest BCUT2D eigenvalue weighted by Gasteiger charge is 2.15. The maximum absolute atomic E-state index is 7.66. The van der Waals surface area contributed by atoms with Crippen LogP contribution in [0.1, 0.15) is 20.3 Å². The molecule has 0 spiro atoms. The van der Waals surface area contributed by atoms with Gasteiger partial charge in [-0.25, -0.2) is 0 Å². The third-order valence-corrected chi connectivity index (χ3v) is 2.54. The Balaban J connectivity index is 2.30. The fourth-order valence-electron chi connectivity index (χ4n) is 1.56. The summed E-state index contributed by atoms with van der Waals surface area (Å²) in [6, 6.07) is 0. The van der Waals surface area contributed by atoms with E-state index in [2.05, 4.69) is 23.6 Å². The summed E-state index contributed by atoms with van der Waals surface area (Å²) in [6.45, 7) is 9.72. The first-order valence-electron chi connectivity index (χ1n) is 4.82. The summed E-state index contributed by atoms with van der Waals surface area (Å²) >= 11 is 0. The number of piperazine rings is 1. The van der Waals surface area contributed by atoms with E-state index >= 15 is 0 Å². The molecular formula is C9H19N3. The molecule has 0 unspecified atom stereocenters. The molecule has 0 aliphatic carbocycles. The zero-order chi connectivity index (χ0) is 8.97. The molecule has 1 aliphatic heterocycles. The summed E-state index contributed by atoms with van der Waals surface area (Å²) in [5, 5.41) is 7.66. The van der Waals surface area contributed by atoms with Crippen LogP contribution < -0.4 is 0 Å². The van der Waals surface area contributed by atoms with Gasteiger partial charge in [0.2, 0.25) is 0 Å². The molecule has 1 rings (SSSR count). The maximum Gasteiger partial charge on any atom is 0.0955 e. The molecule has 1 aliphatic rings. The molecule has 3 heteroatoms. The normalized spacial score (nSPS) is 19.7. The average molecular weight is 169 g/mol. The molecule has 0 amide bonds. The topological polar surface area (TPSA) is 30.3 Å². The van der Waals surface area contributed by atoms with Crippen LogP contribution in [0.2, 0.25) is 0 Å². The fourth-order valence-corrected chi connectivity index (χ4v) is 1.56. The number of nitrogens with zero attached hydrogens (tertiary/aromatic N) is 2. The highest BCUT2D eigenvalue weighted by atomic mass is 15.3. The van der Waals surface area contributed by atoms with Crippen molar-refractivity contribution in [3.05, 3.63) is 0 Å². The number of rotatable bonds is 2. The second-order valence-electron chi connectivity index (χ2n) is 3.22. The fraction of sp³-hybridized carbons (Fsp3) is 0.889. The minimum Gasteiger partial charge on any atom is -0.358 e. The zero-order valence-corrected chi connectivity index (χ0v) is 8.14. The van der Waals surface area contributed by atoms with Crippen LogP contribution in [0.5, 0.6) is 0 Å². The summed E-state index contributed by atoms with van der Waals surface area (Å²) in [6.07, 6.45) is 0.867. The van der Waals surface area contributed by atoms with Gasteiger partial charge in [-0.05, 0) is 6.54 Å². The Kier molecular flexibility index (Phi) is 3.53. The molecule has 1 fully saturated rings. The first kappa shape index (κ1) is 9.52. The Labute approximate surface area is 74.9 Å². The van der Waals surface area contributed by atoms with Gasteiger partial charge in [-0.15, -0.1) is 0 Å². The van der Waals surface area contributed by atoms with E-state index in [4.69, 9.17) is 5.41 Å². The van der Waals surface area contributed by atoms with E-state index in [1.54, 1.807) is 0 Å². The van der Waals surface area contributed by atoms with Crippen molar-refractivity contribution in [2.24, 2.45) is 0 Å². The summed E-state index contributed by atoms with van der Waals surface area (Å²) in [5.41, 5.74) is 0. The zero-order valence-electron chi connectivity index (χ0n) is 8.14. The van der Waals surface area contributed by atoms with Crippen LogP contribution in [0, 0.1) is 5.41 Å². The Morgan fingerprint density at radius 3 is 2.17 bits per heavy atom. The molecule has 1 heterocycles. The minimum atomic E-state index is 0.797. The lowest BCUT2D eigenvalue weighted by Crippen LogP contribution is -2.48. The molecular weight excluding hydrogens is 150 g/mol. The third-order valence-electron chi connectivity index (χ3n) is 2.54. The Hall–Kier alpha value is -0.570. The molecule has 0 bridgehead atoms. The monoisotopic (exact) mass is 169 g/mol. The van der Waals surface area contributed by atoms with Gasteiger partial charge in [0.25, 0.3) is 0 Å². The minimum absolute atomic E-state index is 0.797. The predicted molar refractivity (Wildman–Crippen MR) is 51.7 cm³/mol. The van der Waals surface area contributed by atoms with Crippen molar-refractivity contribution in [1.82, 2.24) is 9.80 Å². The van der Waals surface area contributed by atoms with Gasteiger partial charge in [0.15, 0.2) is 0 Å². The smallest absolute Gasteiger partial charge is 0.0955 e. The summed E-state index contributed by atoms with van der Waals surface area (Å²) in [4.78, 5) is 4.62. The van der Waals surface area contributed by atoms with Gasteiger partial charge in [0.1, 0.15) is 0 Å². The Morgan fingerprint density at radius 2 is 1.75 bits per heavy atom. The van der Waals surface area contributed by atoms with Gasteiger partial charge >= 0.3 is 0 Å². The van der Waals surface area contributed by atoms with Gasteiger partial charge < -0.3 is 9.80 Å². The number of hydrogen-bond donors (Lipinski definition) is 1. The van der Waals surface area contributed by atoms with E-state index in [1.807, 2.05) is 0 Å². The summed E-state index contributed by atoms with van der Waals surface area (Å²) < 4.78 is 0. The van der Waals surface area contributed by atoms with Crippen molar-refractivity contribution in [2.75, 3.05) is 32.7 Å². The molecule has 0 radical (unpaired) electrons. The Bertz CT molecular complexity index is 148.